The molecule has 0 saturated heterocycles. The zero-order chi connectivity index (χ0) is 17.9. The predicted octanol–water partition coefficient (Wildman–Crippen LogP) is 2.97. The molecular formula is C17H19N5O2S2. The van der Waals surface area contributed by atoms with Crippen LogP contribution in [0.4, 0.5) is 0 Å². The lowest BCUT2D eigenvalue weighted by Crippen LogP contribution is -2.33. The monoisotopic (exact) mass is 389 g/mol. The molecule has 7 nitrogen and oxygen atoms in total. The molecule has 0 unspecified atom stereocenters. The number of nitrogens with zero attached hydrogens (tertiary/aromatic N) is 5. The van der Waals surface area contributed by atoms with E-state index in [9.17, 15) is 4.79 Å². The number of thioether (sulfide) groups is 1. The third-order valence-corrected chi connectivity index (χ3v) is 5.94. The van der Waals surface area contributed by atoms with Crippen molar-refractivity contribution in [2.24, 2.45) is 0 Å². The van der Waals surface area contributed by atoms with Crippen molar-refractivity contribution in [2.75, 3.05) is 5.75 Å². The third-order valence-electron chi connectivity index (χ3n) is 4.14. The van der Waals surface area contributed by atoms with Crippen LogP contribution in [-0.2, 0) is 17.9 Å². The molecule has 1 fully saturated rings. The van der Waals surface area contributed by atoms with Crippen LogP contribution in [-0.4, -0.2) is 42.8 Å². The normalized spacial score (nSPS) is 13.9. The summed E-state index contributed by atoms with van der Waals surface area (Å²) in [7, 11) is 0. The minimum Gasteiger partial charge on any atom is -0.464 e. The van der Waals surface area contributed by atoms with Crippen molar-refractivity contribution in [2.45, 2.75) is 44.1 Å². The van der Waals surface area contributed by atoms with Gasteiger partial charge in [0.05, 0.1) is 18.8 Å². The molecule has 0 spiro atoms. The second-order valence-electron chi connectivity index (χ2n) is 6.25. The van der Waals surface area contributed by atoms with E-state index in [1.54, 1.807) is 16.0 Å². The first-order valence-corrected chi connectivity index (χ1v) is 10.3. The van der Waals surface area contributed by atoms with Crippen molar-refractivity contribution in [3.8, 4) is 0 Å². The molecule has 3 heterocycles. The molecule has 1 amide bonds. The summed E-state index contributed by atoms with van der Waals surface area (Å²) in [6, 6.07) is 8.25. The highest BCUT2D eigenvalue weighted by molar-refractivity contribution is 7.99. The lowest BCUT2D eigenvalue weighted by molar-refractivity contribution is -0.129. The first-order chi connectivity index (χ1) is 12.7. The van der Waals surface area contributed by atoms with Crippen molar-refractivity contribution >= 4 is 29.0 Å². The average Bonchev–Trinajstić information content (AvgIpc) is 2.99. The molecule has 9 heteroatoms. The van der Waals surface area contributed by atoms with E-state index in [-0.39, 0.29) is 5.91 Å². The molecule has 26 heavy (non-hydrogen) atoms. The van der Waals surface area contributed by atoms with Gasteiger partial charge in [-0.15, -0.1) is 16.4 Å². The summed E-state index contributed by atoms with van der Waals surface area (Å²) in [5, 5.41) is 14.5. The first kappa shape index (κ1) is 17.3. The Morgan fingerprint density at radius 3 is 3.00 bits per heavy atom. The van der Waals surface area contributed by atoms with Gasteiger partial charge in [-0.05, 0) is 53.8 Å². The van der Waals surface area contributed by atoms with Gasteiger partial charge in [0, 0.05) is 10.9 Å². The molecule has 3 aromatic heterocycles. The molecule has 1 saturated carbocycles. The largest absolute Gasteiger partial charge is 0.464 e. The Bertz CT molecular complexity index is 869. The standard InChI is InChI=1S/C17H19N5O2S2/c1-12-4-7-14(24-12)9-21(13-5-6-13)16(23)11-26-17-18-19-20-22(17)10-15-3-2-8-25-15/h2-4,7-8,13H,5-6,9-11H2,1H3. The van der Waals surface area contributed by atoms with Crippen molar-refractivity contribution in [3.05, 3.63) is 46.0 Å². The second kappa shape index (κ2) is 7.63. The van der Waals surface area contributed by atoms with E-state index < -0.39 is 0 Å². The molecule has 1 aliphatic rings. The van der Waals surface area contributed by atoms with E-state index in [2.05, 4.69) is 15.5 Å². The Kier molecular flexibility index (Phi) is 5.07. The van der Waals surface area contributed by atoms with E-state index in [1.807, 2.05) is 41.5 Å². The number of aromatic nitrogens is 4. The molecule has 4 rings (SSSR count). The van der Waals surface area contributed by atoms with Gasteiger partial charge < -0.3 is 9.32 Å². The fourth-order valence-corrected chi connectivity index (χ4v) is 4.15. The van der Waals surface area contributed by atoms with Crippen LogP contribution in [0.1, 0.15) is 29.2 Å². The quantitative estimate of drug-likeness (QED) is 0.551. The molecule has 0 radical (unpaired) electrons. The van der Waals surface area contributed by atoms with Crippen molar-refractivity contribution < 1.29 is 9.21 Å². The van der Waals surface area contributed by atoms with Gasteiger partial charge in [0.25, 0.3) is 0 Å². The lowest BCUT2D eigenvalue weighted by Gasteiger charge is -2.21. The molecular weight excluding hydrogens is 370 g/mol. The third kappa shape index (κ3) is 4.16. The van der Waals surface area contributed by atoms with Crippen LogP contribution in [0, 0.1) is 6.92 Å². The summed E-state index contributed by atoms with van der Waals surface area (Å²) in [6.45, 7) is 3.06. The van der Waals surface area contributed by atoms with Crippen LogP contribution >= 0.6 is 23.1 Å². The molecule has 0 atom stereocenters. The van der Waals surface area contributed by atoms with Gasteiger partial charge in [-0.2, -0.15) is 0 Å². The molecule has 136 valence electrons. The lowest BCUT2D eigenvalue weighted by atomic mass is 10.3. The van der Waals surface area contributed by atoms with Crippen LogP contribution in [0.3, 0.4) is 0 Å². The van der Waals surface area contributed by atoms with Crippen molar-refractivity contribution in [1.29, 1.82) is 0 Å². The van der Waals surface area contributed by atoms with E-state index in [1.165, 1.54) is 16.6 Å². The first-order valence-electron chi connectivity index (χ1n) is 8.45. The van der Waals surface area contributed by atoms with Crippen molar-refractivity contribution in [1.82, 2.24) is 25.1 Å². The topological polar surface area (TPSA) is 77.1 Å². The summed E-state index contributed by atoms with van der Waals surface area (Å²) >= 11 is 3.05. The number of carbonyl (C=O) groups is 1. The number of hydrogen-bond donors (Lipinski definition) is 0. The number of tetrazole rings is 1. The van der Waals surface area contributed by atoms with Crippen LogP contribution in [0.2, 0.25) is 0 Å². The molecule has 1 aliphatic carbocycles. The SMILES string of the molecule is Cc1ccc(CN(C(=O)CSc2nnnn2Cc2cccs2)C2CC2)o1. The number of furan rings is 1. The Balaban J connectivity index is 1.37. The minimum absolute atomic E-state index is 0.0947. The second-order valence-corrected chi connectivity index (χ2v) is 8.23. The number of amides is 1. The summed E-state index contributed by atoms with van der Waals surface area (Å²) in [5.41, 5.74) is 0. The number of aryl methyl sites for hydroxylation is 1. The average molecular weight is 390 g/mol. The van der Waals surface area contributed by atoms with Gasteiger partial charge in [0.1, 0.15) is 11.5 Å². The fraction of sp³-hybridized carbons (Fsp3) is 0.412. The predicted molar refractivity (Wildman–Crippen MR) is 99.0 cm³/mol. The van der Waals surface area contributed by atoms with Gasteiger partial charge in [0.2, 0.25) is 11.1 Å². The molecule has 0 N–H and O–H groups in total. The summed E-state index contributed by atoms with van der Waals surface area (Å²) in [5.74, 6) is 2.11. The molecule has 0 aliphatic heterocycles. The van der Waals surface area contributed by atoms with Crippen LogP contribution < -0.4 is 0 Å². The van der Waals surface area contributed by atoms with E-state index in [4.69, 9.17) is 4.42 Å². The molecule has 0 bridgehead atoms. The smallest absolute Gasteiger partial charge is 0.233 e. The van der Waals surface area contributed by atoms with Crippen molar-refractivity contribution in [3.63, 3.8) is 0 Å². The maximum absolute atomic E-state index is 12.7. The van der Waals surface area contributed by atoms with Gasteiger partial charge in [-0.25, -0.2) is 4.68 Å². The highest BCUT2D eigenvalue weighted by Crippen LogP contribution is 2.30. The minimum atomic E-state index is 0.0947. The zero-order valence-corrected chi connectivity index (χ0v) is 16.0. The number of rotatable bonds is 8. The summed E-state index contributed by atoms with van der Waals surface area (Å²) in [4.78, 5) is 15.8. The van der Waals surface area contributed by atoms with Crippen LogP contribution in [0.5, 0.6) is 0 Å². The Labute approximate surface area is 159 Å². The zero-order valence-electron chi connectivity index (χ0n) is 14.4. The van der Waals surface area contributed by atoms with E-state index in [0.29, 0.717) is 30.0 Å². The maximum Gasteiger partial charge on any atom is 0.233 e. The summed E-state index contributed by atoms with van der Waals surface area (Å²) < 4.78 is 7.37. The Morgan fingerprint density at radius 2 is 2.31 bits per heavy atom. The number of carbonyl (C=O) groups excluding carboxylic acids is 1. The fourth-order valence-electron chi connectivity index (χ4n) is 2.70. The highest BCUT2D eigenvalue weighted by atomic mass is 32.2. The maximum atomic E-state index is 12.7. The highest BCUT2D eigenvalue weighted by Gasteiger charge is 2.33. The van der Waals surface area contributed by atoms with Crippen LogP contribution in [0.25, 0.3) is 0 Å². The molecule has 3 aromatic rings. The number of thiophene rings is 1. The van der Waals surface area contributed by atoms with Gasteiger partial charge in [-0.1, -0.05) is 17.8 Å². The van der Waals surface area contributed by atoms with Gasteiger partial charge in [0.15, 0.2) is 0 Å². The van der Waals surface area contributed by atoms with E-state index >= 15 is 0 Å². The number of hydrogen-bond acceptors (Lipinski definition) is 7. The van der Waals surface area contributed by atoms with E-state index in [0.717, 1.165) is 24.4 Å². The molecule has 0 aromatic carbocycles. The Morgan fingerprint density at radius 1 is 1.42 bits per heavy atom. The van der Waals surface area contributed by atoms with Gasteiger partial charge in [-0.3, -0.25) is 4.79 Å². The summed E-state index contributed by atoms with van der Waals surface area (Å²) in [6.07, 6.45) is 2.12. The van der Waals surface area contributed by atoms with Gasteiger partial charge >= 0.3 is 0 Å². The Hall–Kier alpha value is -2.13. The van der Waals surface area contributed by atoms with Crippen LogP contribution in [0.15, 0.2) is 39.2 Å².